The summed E-state index contributed by atoms with van der Waals surface area (Å²) in [6.07, 6.45) is 1.23. The van der Waals surface area contributed by atoms with Gasteiger partial charge in [0, 0.05) is 18.6 Å². The fraction of sp³-hybridized carbons (Fsp3) is 1.00. The van der Waals surface area contributed by atoms with Crippen molar-refractivity contribution in [1.29, 1.82) is 0 Å². The lowest BCUT2D eigenvalue weighted by Gasteiger charge is -2.38. The minimum atomic E-state index is 0.578. The molecule has 1 fully saturated rings. The first-order valence-electron chi connectivity index (χ1n) is 6.65. The Morgan fingerprint density at radius 2 is 2.12 bits per heavy atom. The summed E-state index contributed by atoms with van der Waals surface area (Å²) in [4.78, 5) is 2.57. The highest BCUT2D eigenvalue weighted by Gasteiger charge is 2.22. The SMILES string of the molecule is CC(C)CNCCC(C)N1CCOCC1C. The third-order valence-electron chi connectivity index (χ3n) is 3.28. The van der Waals surface area contributed by atoms with Crippen LogP contribution in [0, 0.1) is 5.92 Å². The quantitative estimate of drug-likeness (QED) is 0.701. The van der Waals surface area contributed by atoms with E-state index in [4.69, 9.17) is 4.74 Å². The fourth-order valence-electron chi connectivity index (χ4n) is 2.26. The Balaban J connectivity index is 2.15. The van der Waals surface area contributed by atoms with Crippen LogP contribution < -0.4 is 5.32 Å². The van der Waals surface area contributed by atoms with E-state index in [2.05, 4.69) is 37.9 Å². The van der Waals surface area contributed by atoms with Gasteiger partial charge in [-0.2, -0.15) is 0 Å². The number of nitrogens with one attached hydrogen (secondary N) is 1. The second kappa shape index (κ2) is 7.25. The normalized spacial score (nSPS) is 24.9. The molecule has 1 aliphatic heterocycles. The lowest BCUT2D eigenvalue weighted by Crippen LogP contribution is -2.49. The van der Waals surface area contributed by atoms with E-state index >= 15 is 0 Å². The Bertz CT molecular complexity index is 185. The predicted octanol–water partition coefficient (Wildman–Crippen LogP) is 1.73. The highest BCUT2D eigenvalue weighted by Crippen LogP contribution is 2.12. The molecule has 2 unspecified atom stereocenters. The third-order valence-corrected chi connectivity index (χ3v) is 3.28. The molecule has 1 aliphatic rings. The summed E-state index contributed by atoms with van der Waals surface area (Å²) in [5, 5.41) is 3.51. The van der Waals surface area contributed by atoms with E-state index in [1.807, 2.05) is 0 Å². The first-order valence-corrected chi connectivity index (χ1v) is 6.65. The molecule has 0 aromatic heterocycles. The molecule has 3 heteroatoms. The van der Waals surface area contributed by atoms with Gasteiger partial charge in [0.25, 0.3) is 0 Å². The highest BCUT2D eigenvalue weighted by atomic mass is 16.5. The van der Waals surface area contributed by atoms with E-state index in [-0.39, 0.29) is 0 Å². The molecule has 0 bridgehead atoms. The molecule has 0 aromatic rings. The van der Waals surface area contributed by atoms with E-state index in [9.17, 15) is 0 Å². The maximum absolute atomic E-state index is 5.46. The molecule has 1 saturated heterocycles. The minimum Gasteiger partial charge on any atom is -0.379 e. The van der Waals surface area contributed by atoms with Gasteiger partial charge in [0.05, 0.1) is 13.2 Å². The summed E-state index contributed by atoms with van der Waals surface area (Å²) in [5.74, 6) is 0.748. The van der Waals surface area contributed by atoms with Crippen LogP contribution in [0.1, 0.15) is 34.1 Å². The van der Waals surface area contributed by atoms with Crippen molar-refractivity contribution in [2.45, 2.75) is 46.2 Å². The minimum absolute atomic E-state index is 0.578. The van der Waals surface area contributed by atoms with Crippen LogP contribution in [0.25, 0.3) is 0 Å². The van der Waals surface area contributed by atoms with Crippen LogP contribution in [0.2, 0.25) is 0 Å². The molecule has 0 spiro atoms. The van der Waals surface area contributed by atoms with Crippen LogP contribution in [-0.4, -0.2) is 49.8 Å². The Labute approximate surface area is 101 Å². The molecule has 96 valence electrons. The summed E-state index contributed by atoms with van der Waals surface area (Å²) < 4.78 is 5.46. The van der Waals surface area contributed by atoms with E-state index in [1.165, 1.54) is 6.42 Å². The van der Waals surface area contributed by atoms with Crippen molar-refractivity contribution >= 4 is 0 Å². The monoisotopic (exact) mass is 228 g/mol. The Hall–Kier alpha value is -0.120. The van der Waals surface area contributed by atoms with E-state index < -0.39 is 0 Å². The lowest BCUT2D eigenvalue weighted by molar-refractivity contribution is -0.0197. The van der Waals surface area contributed by atoms with Crippen LogP contribution >= 0.6 is 0 Å². The summed E-state index contributed by atoms with van der Waals surface area (Å²) in [5.41, 5.74) is 0. The summed E-state index contributed by atoms with van der Waals surface area (Å²) in [6, 6.07) is 1.24. The molecule has 3 nitrogen and oxygen atoms in total. The molecule has 2 atom stereocenters. The van der Waals surface area contributed by atoms with Crippen molar-refractivity contribution in [3.63, 3.8) is 0 Å². The predicted molar refractivity (Wildman–Crippen MR) is 68.8 cm³/mol. The number of nitrogens with zero attached hydrogens (tertiary/aromatic N) is 1. The zero-order valence-corrected chi connectivity index (χ0v) is 11.3. The summed E-state index contributed by atoms with van der Waals surface area (Å²) in [6.45, 7) is 14.2. The average molecular weight is 228 g/mol. The highest BCUT2D eigenvalue weighted by molar-refractivity contribution is 4.77. The van der Waals surface area contributed by atoms with Crippen LogP contribution in [0.3, 0.4) is 0 Å². The van der Waals surface area contributed by atoms with Gasteiger partial charge in [-0.05, 0) is 39.3 Å². The number of ether oxygens (including phenoxy) is 1. The van der Waals surface area contributed by atoms with E-state index in [0.29, 0.717) is 12.1 Å². The second-order valence-corrected chi connectivity index (χ2v) is 5.40. The van der Waals surface area contributed by atoms with E-state index in [1.54, 1.807) is 0 Å². The maximum atomic E-state index is 5.46. The van der Waals surface area contributed by atoms with Gasteiger partial charge in [0.15, 0.2) is 0 Å². The van der Waals surface area contributed by atoms with Crippen LogP contribution in [0.4, 0.5) is 0 Å². The zero-order valence-electron chi connectivity index (χ0n) is 11.3. The largest absolute Gasteiger partial charge is 0.379 e. The molecule has 0 amide bonds. The molecular formula is C13H28N2O. The van der Waals surface area contributed by atoms with Crippen molar-refractivity contribution in [1.82, 2.24) is 10.2 Å². The smallest absolute Gasteiger partial charge is 0.0619 e. The number of morpholine rings is 1. The van der Waals surface area contributed by atoms with Gasteiger partial charge in [-0.3, -0.25) is 4.90 Å². The Morgan fingerprint density at radius 1 is 1.38 bits per heavy atom. The molecule has 0 radical (unpaired) electrons. The first-order chi connectivity index (χ1) is 7.61. The molecular weight excluding hydrogens is 200 g/mol. The number of rotatable bonds is 6. The molecule has 0 aliphatic carbocycles. The topological polar surface area (TPSA) is 24.5 Å². The van der Waals surface area contributed by atoms with Crippen LogP contribution in [0.5, 0.6) is 0 Å². The molecule has 1 heterocycles. The molecule has 0 aromatic carbocycles. The average Bonchev–Trinajstić information content (AvgIpc) is 2.24. The van der Waals surface area contributed by atoms with Crippen molar-refractivity contribution in [3.8, 4) is 0 Å². The lowest BCUT2D eigenvalue weighted by atomic mass is 10.1. The zero-order chi connectivity index (χ0) is 12.0. The second-order valence-electron chi connectivity index (χ2n) is 5.40. The Morgan fingerprint density at radius 3 is 2.75 bits per heavy atom. The number of hydrogen-bond donors (Lipinski definition) is 1. The van der Waals surface area contributed by atoms with Gasteiger partial charge in [0.1, 0.15) is 0 Å². The van der Waals surface area contributed by atoms with Crippen molar-refractivity contribution in [3.05, 3.63) is 0 Å². The van der Waals surface area contributed by atoms with Crippen LogP contribution in [0.15, 0.2) is 0 Å². The van der Waals surface area contributed by atoms with Gasteiger partial charge in [-0.25, -0.2) is 0 Å². The first kappa shape index (κ1) is 13.9. The Kier molecular flexibility index (Phi) is 6.32. The third kappa shape index (κ3) is 4.81. The molecule has 1 rings (SSSR count). The van der Waals surface area contributed by atoms with Crippen molar-refractivity contribution in [2.24, 2.45) is 5.92 Å². The van der Waals surface area contributed by atoms with Gasteiger partial charge in [-0.15, -0.1) is 0 Å². The van der Waals surface area contributed by atoms with Crippen LogP contribution in [-0.2, 0) is 4.74 Å². The molecule has 0 saturated carbocycles. The van der Waals surface area contributed by atoms with Gasteiger partial charge < -0.3 is 10.1 Å². The molecule has 16 heavy (non-hydrogen) atoms. The maximum Gasteiger partial charge on any atom is 0.0619 e. The van der Waals surface area contributed by atoms with Gasteiger partial charge in [0.2, 0.25) is 0 Å². The van der Waals surface area contributed by atoms with E-state index in [0.717, 1.165) is 38.8 Å². The van der Waals surface area contributed by atoms with Crippen molar-refractivity contribution in [2.75, 3.05) is 32.8 Å². The fourth-order valence-corrected chi connectivity index (χ4v) is 2.26. The van der Waals surface area contributed by atoms with Gasteiger partial charge >= 0.3 is 0 Å². The number of hydrogen-bond acceptors (Lipinski definition) is 3. The van der Waals surface area contributed by atoms with Gasteiger partial charge in [-0.1, -0.05) is 13.8 Å². The molecule has 1 N–H and O–H groups in total. The van der Waals surface area contributed by atoms with Crippen molar-refractivity contribution < 1.29 is 4.74 Å². The standard InChI is InChI=1S/C13H28N2O/c1-11(2)9-14-6-5-12(3)15-7-8-16-10-13(15)4/h11-14H,5-10H2,1-4H3. The summed E-state index contributed by atoms with van der Waals surface area (Å²) >= 11 is 0. The summed E-state index contributed by atoms with van der Waals surface area (Å²) in [7, 11) is 0.